The summed E-state index contributed by atoms with van der Waals surface area (Å²) in [6.45, 7) is 11.1. The number of nitrogens with zero attached hydrogens (tertiary/aromatic N) is 5. The average Bonchev–Trinajstić information content (AvgIpc) is 3.38. The third-order valence-corrected chi connectivity index (χ3v) is 6.67. The van der Waals surface area contributed by atoms with Crippen LogP contribution in [0, 0.1) is 13.8 Å². The molecule has 0 amide bonds. The number of anilines is 2. The van der Waals surface area contributed by atoms with E-state index in [2.05, 4.69) is 73.3 Å². The lowest BCUT2D eigenvalue weighted by atomic mass is 10.1. The molecule has 0 aliphatic carbocycles. The second-order valence-electron chi connectivity index (χ2n) is 10.4. The van der Waals surface area contributed by atoms with Gasteiger partial charge in [-0.1, -0.05) is 26.3 Å². The predicted octanol–water partition coefficient (Wildman–Crippen LogP) is 5.98. The van der Waals surface area contributed by atoms with Crippen molar-refractivity contribution in [2.24, 2.45) is 0 Å². The molecule has 0 fully saturated rings. The van der Waals surface area contributed by atoms with Crippen LogP contribution in [0.25, 0.3) is 22.3 Å². The van der Waals surface area contributed by atoms with Gasteiger partial charge in [0.25, 0.3) is 0 Å². The molecule has 0 saturated heterocycles. The van der Waals surface area contributed by atoms with Crippen LogP contribution in [-0.4, -0.2) is 52.0 Å². The van der Waals surface area contributed by atoms with Crippen molar-refractivity contribution in [3.05, 3.63) is 66.1 Å². The van der Waals surface area contributed by atoms with Gasteiger partial charge >= 0.3 is 5.97 Å². The average molecular weight is 529 g/mol. The molecule has 0 aliphatic heterocycles. The Morgan fingerprint density at radius 1 is 1.00 bits per heavy atom. The molecular formula is C31H40N6O2. The van der Waals surface area contributed by atoms with E-state index in [-0.39, 0.29) is 5.97 Å². The largest absolute Gasteiger partial charge is 0.469 e. The lowest BCUT2D eigenvalue weighted by molar-refractivity contribution is -0.140. The number of aryl methyl sites for hydroxylation is 3. The fourth-order valence-electron chi connectivity index (χ4n) is 4.73. The van der Waals surface area contributed by atoms with Crippen molar-refractivity contribution in [1.29, 1.82) is 0 Å². The number of hydrogen-bond acceptors (Lipinski definition) is 7. The lowest BCUT2D eigenvalue weighted by Gasteiger charge is -2.27. The Balaban J connectivity index is 1.53. The third kappa shape index (κ3) is 7.86. The van der Waals surface area contributed by atoms with Gasteiger partial charge in [0.05, 0.1) is 36.2 Å². The summed E-state index contributed by atoms with van der Waals surface area (Å²) < 4.78 is 6.63. The molecule has 4 rings (SSSR count). The normalized spacial score (nSPS) is 11.3. The minimum Gasteiger partial charge on any atom is -0.469 e. The van der Waals surface area contributed by atoms with Crippen LogP contribution in [0.15, 0.2) is 55.0 Å². The molecule has 2 aromatic heterocycles. The highest BCUT2D eigenvalue weighted by Crippen LogP contribution is 2.30. The zero-order valence-corrected chi connectivity index (χ0v) is 23.8. The van der Waals surface area contributed by atoms with Crippen molar-refractivity contribution in [2.45, 2.75) is 66.0 Å². The molecule has 206 valence electrons. The fourth-order valence-corrected chi connectivity index (χ4v) is 4.73. The van der Waals surface area contributed by atoms with Crippen molar-refractivity contribution in [2.75, 3.05) is 25.1 Å². The molecule has 2 heterocycles. The van der Waals surface area contributed by atoms with E-state index in [1.54, 1.807) is 0 Å². The highest BCUT2D eigenvalue weighted by Gasteiger charge is 2.13. The molecule has 0 spiro atoms. The first-order chi connectivity index (χ1) is 18.8. The van der Waals surface area contributed by atoms with Crippen LogP contribution >= 0.6 is 0 Å². The first-order valence-corrected chi connectivity index (χ1v) is 13.8. The van der Waals surface area contributed by atoms with Crippen LogP contribution in [0.2, 0.25) is 0 Å². The second-order valence-corrected chi connectivity index (χ2v) is 10.4. The Kier molecular flexibility index (Phi) is 9.65. The Morgan fingerprint density at radius 3 is 2.54 bits per heavy atom. The van der Waals surface area contributed by atoms with E-state index in [0.717, 1.165) is 66.9 Å². The lowest BCUT2D eigenvalue weighted by Crippen LogP contribution is -2.32. The van der Waals surface area contributed by atoms with Gasteiger partial charge in [-0.15, -0.1) is 0 Å². The number of carbonyl (C=O) groups is 1. The summed E-state index contributed by atoms with van der Waals surface area (Å²) in [5, 5.41) is 8.06. The Bertz CT molecular complexity index is 1380. The van der Waals surface area contributed by atoms with Gasteiger partial charge in [-0.3, -0.25) is 14.5 Å². The monoisotopic (exact) mass is 528 g/mol. The summed E-state index contributed by atoms with van der Waals surface area (Å²) in [5.74, 6) is -0.154. The number of carbonyl (C=O) groups excluding carboxylic acids is 1. The maximum Gasteiger partial charge on any atom is 0.305 e. The molecule has 0 bridgehead atoms. The van der Waals surface area contributed by atoms with Crippen LogP contribution in [0.5, 0.6) is 0 Å². The predicted molar refractivity (Wildman–Crippen MR) is 157 cm³/mol. The highest BCUT2D eigenvalue weighted by atomic mass is 16.5. The number of benzene rings is 2. The van der Waals surface area contributed by atoms with Crippen molar-refractivity contribution < 1.29 is 9.53 Å². The molecule has 2 aromatic carbocycles. The van der Waals surface area contributed by atoms with Gasteiger partial charge in [-0.25, -0.2) is 4.98 Å². The summed E-state index contributed by atoms with van der Waals surface area (Å²) >= 11 is 0. The van der Waals surface area contributed by atoms with E-state index < -0.39 is 0 Å². The highest BCUT2D eigenvalue weighted by molar-refractivity contribution is 5.82. The van der Waals surface area contributed by atoms with Crippen molar-refractivity contribution in [3.8, 4) is 11.3 Å². The Morgan fingerprint density at radius 2 is 1.79 bits per heavy atom. The standard InChI is InChI=1S/C31H40N6O2/c1-22(2)32-12-14-37(27-16-23(3)15-24(4)17-27)26-10-11-28-29(18-26)35-30(20-33-28)25-19-34-36(21-25)13-8-6-7-9-31(38)39-5/h10-11,15-22,32H,6-9,12-14H2,1-5H3. The number of nitrogens with one attached hydrogen (secondary N) is 1. The summed E-state index contributed by atoms with van der Waals surface area (Å²) in [7, 11) is 1.43. The number of esters is 1. The van der Waals surface area contributed by atoms with E-state index in [1.807, 2.05) is 29.3 Å². The minimum atomic E-state index is -0.154. The van der Waals surface area contributed by atoms with Crippen LogP contribution in [0.4, 0.5) is 11.4 Å². The van der Waals surface area contributed by atoms with Crippen molar-refractivity contribution in [3.63, 3.8) is 0 Å². The molecule has 1 N–H and O–H groups in total. The van der Waals surface area contributed by atoms with Gasteiger partial charge in [0.15, 0.2) is 0 Å². The first kappa shape index (κ1) is 28.2. The molecule has 8 nitrogen and oxygen atoms in total. The summed E-state index contributed by atoms with van der Waals surface area (Å²) in [4.78, 5) is 23.3. The molecule has 0 atom stereocenters. The SMILES string of the molecule is COC(=O)CCCCCn1cc(-c2cnc3ccc(N(CCNC(C)C)c4cc(C)cc(C)c4)cc3n2)cn1. The number of ether oxygens (including phenoxy) is 1. The van der Waals surface area contributed by atoms with Crippen LogP contribution in [0.3, 0.4) is 0 Å². The van der Waals surface area contributed by atoms with E-state index in [1.165, 1.54) is 23.9 Å². The maximum atomic E-state index is 11.3. The van der Waals surface area contributed by atoms with Crippen LogP contribution in [0.1, 0.15) is 50.7 Å². The number of hydrogen-bond donors (Lipinski definition) is 1. The van der Waals surface area contributed by atoms with Crippen molar-refractivity contribution in [1.82, 2.24) is 25.1 Å². The van der Waals surface area contributed by atoms with Gasteiger partial charge in [0, 0.05) is 55.2 Å². The van der Waals surface area contributed by atoms with Crippen molar-refractivity contribution >= 4 is 28.4 Å². The number of fused-ring (bicyclic) bond motifs is 1. The Labute approximate surface area is 231 Å². The number of aromatic nitrogens is 4. The van der Waals surface area contributed by atoms with E-state index in [0.29, 0.717) is 12.5 Å². The maximum absolute atomic E-state index is 11.3. The van der Waals surface area contributed by atoms with Gasteiger partial charge in [-0.05, 0) is 68.1 Å². The van der Waals surface area contributed by atoms with Crippen LogP contribution in [-0.2, 0) is 16.1 Å². The second kappa shape index (κ2) is 13.3. The molecule has 4 aromatic rings. The number of rotatable bonds is 13. The molecule has 39 heavy (non-hydrogen) atoms. The molecule has 0 saturated carbocycles. The van der Waals surface area contributed by atoms with Gasteiger partial charge in [0.1, 0.15) is 0 Å². The summed E-state index contributed by atoms with van der Waals surface area (Å²) in [6.07, 6.45) is 8.86. The van der Waals surface area contributed by atoms with Crippen LogP contribution < -0.4 is 10.2 Å². The zero-order chi connectivity index (χ0) is 27.8. The molecule has 0 unspecified atom stereocenters. The molecular weight excluding hydrogens is 488 g/mol. The topological polar surface area (TPSA) is 85.2 Å². The zero-order valence-electron chi connectivity index (χ0n) is 23.8. The van der Waals surface area contributed by atoms with Gasteiger partial charge < -0.3 is 15.0 Å². The van der Waals surface area contributed by atoms with E-state index >= 15 is 0 Å². The van der Waals surface area contributed by atoms with E-state index in [4.69, 9.17) is 14.7 Å². The molecule has 0 aliphatic rings. The summed E-state index contributed by atoms with van der Waals surface area (Å²) in [5.41, 5.74) is 8.22. The third-order valence-electron chi connectivity index (χ3n) is 6.67. The van der Waals surface area contributed by atoms with Gasteiger partial charge in [0.2, 0.25) is 0 Å². The van der Waals surface area contributed by atoms with E-state index in [9.17, 15) is 4.79 Å². The molecule has 8 heteroatoms. The quantitative estimate of drug-likeness (QED) is 0.169. The molecule has 0 radical (unpaired) electrons. The minimum absolute atomic E-state index is 0.154. The number of methoxy groups -OCH3 is 1. The van der Waals surface area contributed by atoms with Gasteiger partial charge in [-0.2, -0.15) is 5.10 Å². The Hall–Kier alpha value is -3.78. The smallest absolute Gasteiger partial charge is 0.305 e. The first-order valence-electron chi connectivity index (χ1n) is 13.8. The number of unbranched alkanes of at least 4 members (excludes halogenated alkanes) is 2. The summed E-state index contributed by atoms with van der Waals surface area (Å²) in [6, 6.07) is 13.4. The fraction of sp³-hybridized carbons (Fsp3) is 0.419.